The van der Waals surface area contributed by atoms with Gasteiger partial charge in [0.2, 0.25) is 0 Å². The van der Waals surface area contributed by atoms with E-state index in [4.69, 9.17) is 4.74 Å². The van der Waals surface area contributed by atoms with Gasteiger partial charge in [-0.1, -0.05) is 13.8 Å². The largest absolute Gasteiger partial charge is 0.479 e. The number of carboxylic acids is 1. The van der Waals surface area contributed by atoms with Gasteiger partial charge in [-0.3, -0.25) is 9.48 Å². The van der Waals surface area contributed by atoms with Gasteiger partial charge in [0.05, 0.1) is 17.2 Å². The second-order valence-corrected chi connectivity index (χ2v) is 7.05. The summed E-state index contributed by atoms with van der Waals surface area (Å²) in [4.78, 5) is 25.2. The fraction of sp³-hybridized carbons (Fsp3) is 0.533. The molecule has 0 aliphatic heterocycles. The average Bonchev–Trinajstić information content (AvgIpc) is 2.99. The van der Waals surface area contributed by atoms with Gasteiger partial charge in [0.1, 0.15) is 4.83 Å². The number of fused-ring (bicyclic) bond motifs is 1. The van der Waals surface area contributed by atoms with Crippen molar-refractivity contribution in [3.8, 4) is 0 Å². The van der Waals surface area contributed by atoms with Crippen LogP contribution in [0.4, 0.5) is 0 Å². The highest BCUT2D eigenvalue weighted by Crippen LogP contribution is 2.31. The van der Waals surface area contributed by atoms with Crippen molar-refractivity contribution in [2.75, 3.05) is 13.7 Å². The lowest BCUT2D eigenvalue weighted by atomic mass is 10.0. The molecule has 2 rings (SSSR count). The number of thiophene rings is 1. The number of hydrogen-bond donors (Lipinski definition) is 2. The van der Waals surface area contributed by atoms with Gasteiger partial charge in [0.25, 0.3) is 5.91 Å². The van der Waals surface area contributed by atoms with Gasteiger partial charge in [0, 0.05) is 19.5 Å². The minimum Gasteiger partial charge on any atom is -0.479 e. The van der Waals surface area contributed by atoms with Crippen molar-refractivity contribution >= 4 is 33.4 Å². The molecular weight excluding hydrogens is 318 g/mol. The van der Waals surface area contributed by atoms with Crippen molar-refractivity contribution in [2.45, 2.75) is 32.2 Å². The molecule has 0 spiro atoms. The predicted molar refractivity (Wildman–Crippen MR) is 88.1 cm³/mol. The van der Waals surface area contributed by atoms with E-state index in [1.165, 1.54) is 25.4 Å². The monoisotopic (exact) mass is 339 g/mol. The number of carbonyl (C=O) groups is 2. The predicted octanol–water partition coefficient (Wildman–Crippen LogP) is 1.98. The number of nitrogens with one attached hydrogen (secondary N) is 1. The number of aromatic nitrogens is 2. The molecule has 2 aromatic rings. The molecule has 23 heavy (non-hydrogen) atoms. The molecule has 0 aliphatic rings. The van der Waals surface area contributed by atoms with Gasteiger partial charge >= 0.3 is 5.97 Å². The Hall–Kier alpha value is -1.93. The Balaban J connectivity index is 2.35. The highest BCUT2D eigenvalue weighted by molar-refractivity contribution is 7.20. The number of rotatable bonds is 6. The molecular formula is C15H21N3O4S. The summed E-state index contributed by atoms with van der Waals surface area (Å²) in [5, 5.41) is 17.3. The van der Waals surface area contributed by atoms with Crippen molar-refractivity contribution in [3.05, 3.63) is 16.6 Å². The molecule has 0 fully saturated rings. The third-order valence-electron chi connectivity index (χ3n) is 3.61. The van der Waals surface area contributed by atoms with Crippen LogP contribution in [0.1, 0.15) is 42.1 Å². The molecule has 0 aliphatic carbocycles. The number of carbonyl (C=O) groups excluding carboxylic acids is 1. The van der Waals surface area contributed by atoms with Gasteiger partial charge in [0.15, 0.2) is 5.54 Å². The third-order valence-corrected chi connectivity index (χ3v) is 4.81. The van der Waals surface area contributed by atoms with Crippen LogP contribution in [0.2, 0.25) is 0 Å². The fourth-order valence-corrected chi connectivity index (χ4v) is 3.33. The molecule has 0 radical (unpaired) electrons. The number of aliphatic carboxylic acids is 1. The maximum Gasteiger partial charge on any atom is 0.331 e. The molecule has 2 aromatic heterocycles. The second-order valence-electron chi connectivity index (χ2n) is 6.02. The number of aryl methyl sites for hydroxylation is 1. The van der Waals surface area contributed by atoms with E-state index in [9.17, 15) is 14.7 Å². The van der Waals surface area contributed by atoms with E-state index in [-0.39, 0.29) is 12.5 Å². The zero-order chi connectivity index (χ0) is 17.4. The van der Waals surface area contributed by atoms with E-state index in [1.807, 2.05) is 20.9 Å². The van der Waals surface area contributed by atoms with E-state index in [0.717, 1.165) is 15.9 Å². The molecule has 0 saturated heterocycles. The number of hydrogen-bond acceptors (Lipinski definition) is 5. The third kappa shape index (κ3) is 3.23. The summed E-state index contributed by atoms with van der Waals surface area (Å²) in [6.07, 6.45) is 0. The topological polar surface area (TPSA) is 93.5 Å². The quantitative estimate of drug-likeness (QED) is 0.839. The second kappa shape index (κ2) is 6.29. The van der Waals surface area contributed by atoms with Crippen LogP contribution < -0.4 is 5.32 Å². The van der Waals surface area contributed by atoms with Crippen molar-refractivity contribution in [2.24, 2.45) is 7.05 Å². The van der Waals surface area contributed by atoms with Crippen LogP contribution >= 0.6 is 11.3 Å². The lowest BCUT2D eigenvalue weighted by Crippen LogP contribution is -2.55. The number of methoxy groups -OCH3 is 1. The summed E-state index contributed by atoms with van der Waals surface area (Å²) in [6, 6.07) is 1.77. The summed E-state index contributed by atoms with van der Waals surface area (Å²) in [6.45, 7) is 5.39. The maximum absolute atomic E-state index is 12.5. The number of carboxylic acid groups (broad SMARTS) is 1. The Bertz CT molecular complexity index is 749. The van der Waals surface area contributed by atoms with Crippen LogP contribution in [0.5, 0.6) is 0 Å². The molecule has 1 atom stereocenters. The SMILES string of the molecule is COCC(C)(NC(=O)c1cc2c(C(C)C)nn(C)c2s1)C(=O)O. The molecule has 0 aromatic carbocycles. The number of amides is 1. The zero-order valence-corrected chi connectivity index (χ0v) is 14.7. The first-order valence-electron chi connectivity index (χ1n) is 7.21. The first-order valence-corrected chi connectivity index (χ1v) is 8.02. The van der Waals surface area contributed by atoms with Crippen LogP contribution in [0.3, 0.4) is 0 Å². The Labute approximate surface area is 138 Å². The highest BCUT2D eigenvalue weighted by atomic mass is 32.1. The summed E-state index contributed by atoms with van der Waals surface area (Å²) in [7, 11) is 3.23. The van der Waals surface area contributed by atoms with Crippen LogP contribution in [0, 0.1) is 0 Å². The minimum absolute atomic E-state index is 0.113. The minimum atomic E-state index is -1.47. The zero-order valence-electron chi connectivity index (χ0n) is 13.8. The van der Waals surface area contributed by atoms with Crippen molar-refractivity contribution in [3.63, 3.8) is 0 Å². The molecule has 2 N–H and O–H groups in total. The van der Waals surface area contributed by atoms with Crippen LogP contribution in [-0.2, 0) is 16.6 Å². The van der Waals surface area contributed by atoms with Crippen LogP contribution in [0.15, 0.2) is 6.07 Å². The fourth-order valence-electron chi connectivity index (χ4n) is 2.36. The molecule has 2 heterocycles. The van der Waals surface area contributed by atoms with Crippen LogP contribution in [-0.4, -0.2) is 46.0 Å². The van der Waals surface area contributed by atoms with Gasteiger partial charge in [-0.25, -0.2) is 4.79 Å². The Morgan fingerprint density at radius 2 is 2.17 bits per heavy atom. The van der Waals surface area contributed by atoms with Gasteiger partial charge in [-0.2, -0.15) is 5.10 Å². The first-order chi connectivity index (χ1) is 10.7. The van der Waals surface area contributed by atoms with E-state index in [1.54, 1.807) is 10.7 Å². The summed E-state index contributed by atoms with van der Waals surface area (Å²) in [5.41, 5.74) is -0.545. The van der Waals surface area contributed by atoms with E-state index in [0.29, 0.717) is 4.88 Å². The normalized spacial score (nSPS) is 14.2. The molecule has 126 valence electrons. The highest BCUT2D eigenvalue weighted by Gasteiger charge is 2.35. The van der Waals surface area contributed by atoms with Gasteiger partial charge in [-0.15, -0.1) is 11.3 Å². The van der Waals surface area contributed by atoms with Gasteiger partial charge in [-0.05, 0) is 18.9 Å². The standard InChI is InChI=1S/C15H21N3O4S/c1-8(2)11-9-6-10(23-13(9)18(4)17-11)12(19)16-15(3,7-22-5)14(20)21/h6,8H,7H2,1-5H3,(H,16,19)(H,20,21). The molecule has 0 saturated carbocycles. The first kappa shape index (κ1) is 17.4. The van der Waals surface area contributed by atoms with E-state index in [2.05, 4.69) is 10.4 Å². The molecule has 1 amide bonds. The molecule has 8 heteroatoms. The Kier molecular flexibility index (Phi) is 4.76. The Morgan fingerprint density at radius 1 is 1.52 bits per heavy atom. The number of nitrogens with zero attached hydrogens (tertiary/aromatic N) is 2. The Morgan fingerprint density at radius 3 is 2.70 bits per heavy atom. The molecule has 1 unspecified atom stereocenters. The van der Waals surface area contributed by atoms with Crippen LogP contribution in [0.25, 0.3) is 10.2 Å². The molecule has 7 nitrogen and oxygen atoms in total. The summed E-state index contributed by atoms with van der Waals surface area (Å²) >= 11 is 1.30. The average molecular weight is 339 g/mol. The van der Waals surface area contributed by atoms with Gasteiger partial charge < -0.3 is 15.2 Å². The number of ether oxygens (including phenoxy) is 1. The smallest absolute Gasteiger partial charge is 0.331 e. The van der Waals surface area contributed by atoms with E-state index >= 15 is 0 Å². The van der Waals surface area contributed by atoms with Crippen molar-refractivity contribution in [1.29, 1.82) is 0 Å². The molecule has 0 bridgehead atoms. The maximum atomic E-state index is 12.5. The lowest BCUT2D eigenvalue weighted by Gasteiger charge is -2.24. The summed E-state index contributed by atoms with van der Waals surface area (Å²) < 4.78 is 6.66. The van der Waals surface area contributed by atoms with E-state index < -0.39 is 17.4 Å². The lowest BCUT2D eigenvalue weighted by molar-refractivity contribution is -0.145. The van der Waals surface area contributed by atoms with Crippen molar-refractivity contribution < 1.29 is 19.4 Å². The van der Waals surface area contributed by atoms with Crippen molar-refractivity contribution in [1.82, 2.24) is 15.1 Å². The summed E-state index contributed by atoms with van der Waals surface area (Å²) in [5.74, 6) is -1.33.